The second kappa shape index (κ2) is 4.99. The number of nitrogens with zero attached hydrogens (tertiary/aromatic N) is 2. The Morgan fingerprint density at radius 3 is 2.63 bits per heavy atom. The van der Waals surface area contributed by atoms with Gasteiger partial charge in [0.2, 0.25) is 0 Å². The molecule has 1 aromatic carbocycles. The fraction of sp³-hybridized carbons (Fsp3) is 0.500. The van der Waals surface area contributed by atoms with E-state index in [1.54, 1.807) is 12.1 Å². The van der Waals surface area contributed by atoms with Crippen molar-refractivity contribution in [3.8, 4) is 0 Å². The molecule has 0 aliphatic heterocycles. The number of hydrogen-bond donors (Lipinski definition) is 0. The first kappa shape index (κ1) is 13.5. The van der Waals surface area contributed by atoms with Crippen LogP contribution in [-0.4, -0.2) is 24.3 Å². The van der Waals surface area contributed by atoms with E-state index in [0.717, 1.165) is 18.2 Å². The van der Waals surface area contributed by atoms with Crippen LogP contribution in [0.5, 0.6) is 0 Å². The van der Waals surface area contributed by atoms with E-state index in [1.165, 1.54) is 19.4 Å². The molecule has 5 nitrogen and oxygen atoms in total. The summed E-state index contributed by atoms with van der Waals surface area (Å²) in [5, 5.41) is 11.0. The van der Waals surface area contributed by atoms with Crippen LogP contribution in [0.4, 0.5) is 11.4 Å². The molecule has 1 saturated carbocycles. The van der Waals surface area contributed by atoms with Gasteiger partial charge in [-0.1, -0.05) is 6.92 Å². The Labute approximate surface area is 112 Å². The lowest BCUT2D eigenvalue weighted by atomic mass is 10.1. The Morgan fingerprint density at radius 1 is 1.53 bits per heavy atom. The summed E-state index contributed by atoms with van der Waals surface area (Å²) in [6, 6.07) is 4.81. The second-order valence-electron chi connectivity index (χ2n) is 5.37. The number of carbonyl (C=O) groups is 1. The van der Waals surface area contributed by atoms with Crippen molar-refractivity contribution in [3.63, 3.8) is 0 Å². The topological polar surface area (TPSA) is 63.5 Å². The van der Waals surface area contributed by atoms with Crippen molar-refractivity contribution in [2.45, 2.75) is 20.3 Å². The zero-order chi connectivity index (χ0) is 14.2. The number of Topliss-reactive ketones (excluding diaryl/α,β-unsaturated/α-hetero) is 1. The highest BCUT2D eigenvalue weighted by Crippen LogP contribution is 2.39. The van der Waals surface area contributed by atoms with Gasteiger partial charge >= 0.3 is 0 Å². The molecule has 0 N–H and O–H groups in total. The highest BCUT2D eigenvalue weighted by atomic mass is 16.6. The molecule has 0 spiro atoms. The van der Waals surface area contributed by atoms with Crippen molar-refractivity contribution in [1.29, 1.82) is 0 Å². The van der Waals surface area contributed by atoms with Gasteiger partial charge in [0, 0.05) is 25.3 Å². The van der Waals surface area contributed by atoms with Gasteiger partial charge in [-0.15, -0.1) is 0 Å². The summed E-state index contributed by atoms with van der Waals surface area (Å²) in [5.41, 5.74) is 0.846. The molecule has 102 valence electrons. The molecule has 1 aliphatic rings. The molecular formula is C14H18N2O3. The number of ketones is 1. The van der Waals surface area contributed by atoms with Crippen molar-refractivity contribution in [2.24, 2.45) is 11.8 Å². The quantitative estimate of drug-likeness (QED) is 0.465. The number of nitro groups is 1. The summed E-state index contributed by atoms with van der Waals surface area (Å²) < 4.78 is 0. The largest absolute Gasteiger partial charge is 0.374 e. The highest BCUT2D eigenvalue weighted by Gasteiger charge is 2.33. The first-order valence-corrected chi connectivity index (χ1v) is 6.40. The molecule has 1 aromatic rings. The number of carbonyl (C=O) groups excluding carboxylic acids is 1. The highest BCUT2D eigenvalue weighted by molar-refractivity contribution is 5.98. The van der Waals surface area contributed by atoms with E-state index in [-0.39, 0.29) is 17.0 Å². The summed E-state index contributed by atoms with van der Waals surface area (Å²) in [4.78, 5) is 23.9. The fourth-order valence-corrected chi connectivity index (χ4v) is 2.32. The normalized spacial score (nSPS) is 21.0. The zero-order valence-electron chi connectivity index (χ0n) is 11.4. The lowest BCUT2D eigenvalue weighted by molar-refractivity contribution is -0.385. The van der Waals surface area contributed by atoms with Crippen molar-refractivity contribution in [1.82, 2.24) is 0 Å². The number of anilines is 1. The van der Waals surface area contributed by atoms with Crippen molar-refractivity contribution in [3.05, 3.63) is 33.9 Å². The Kier molecular flexibility index (Phi) is 3.55. The van der Waals surface area contributed by atoms with Gasteiger partial charge in [-0.3, -0.25) is 14.9 Å². The monoisotopic (exact) mass is 262 g/mol. The Bertz CT molecular complexity index is 527. The van der Waals surface area contributed by atoms with E-state index in [4.69, 9.17) is 0 Å². The van der Waals surface area contributed by atoms with Crippen molar-refractivity contribution in [2.75, 3.05) is 18.5 Å². The van der Waals surface area contributed by atoms with E-state index in [2.05, 4.69) is 6.92 Å². The Hall–Kier alpha value is -1.91. The van der Waals surface area contributed by atoms with Crippen molar-refractivity contribution >= 4 is 17.2 Å². The SMILES string of the molecule is CC(=O)c1ccc(N(C)CC2CC2C)cc1[N+](=O)[O-]. The van der Waals surface area contributed by atoms with Gasteiger partial charge in [0.05, 0.1) is 10.5 Å². The predicted octanol–water partition coefficient (Wildman–Crippen LogP) is 2.89. The molecule has 2 rings (SSSR count). The molecule has 0 amide bonds. The molecule has 1 fully saturated rings. The second-order valence-corrected chi connectivity index (χ2v) is 5.37. The van der Waals surface area contributed by atoms with Crippen LogP contribution in [0.2, 0.25) is 0 Å². The van der Waals surface area contributed by atoms with Gasteiger partial charge in [0.1, 0.15) is 0 Å². The van der Waals surface area contributed by atoms with E-state index in [1.807, 2.05) is 11.9 Å². The molecule has 0 aromatic heterocycles. The summed E-state index contributed by atoms with van der Waals surface area (Å²) in [6.45, 7) is 4.45. The fourth-order valence-electron chi connectivity index (χ4n) is 2.32. The molecule has 1 aliphatic carbocycles. The maximum Gasteiger partial charge on any atom is 0.282 e. The van der Waals surface area contributed by atoms with E-state index in [0.29, 0.717) is 5.92 Å². The van der Waals surface area contributed by atoms with Crippen molar-refractivity contribution < 1.29 is 9.72 Å². The lowest BCUT2D eigenvalue weighted by Gasteiger charge is -2.19. The van der Waals surface area contributed by atoms with E-state index >= 15 is 0 Å². The van der Waals surface area contributed by atoms with E-state index < -0.39 is 4.92 Å². The molecule has 5 heteroatoms. The predicted molar refractivity (Wildman–Crippen MR) is 73.6 cm³/mol. The summed E-state index contributed by atoms with van der Waals surface area (Å²) in [5.74, 6) is 1.14. The number of rotatable bonds is 5. The number of hydrogen-bond acceptors (Lipinski definition) is 4. The smallest absolute Gasteiger partial charge is 0.282 e. The van der Waals surface area contributed by atoms with Crippen LogP contribution in [0.25, 0.3) is 0 Å². The summed E-state index contributed by atoms with van der Waals surface area (Å²) in [7, 11) is 1.93. The van der Waals surface area contributed by atoms with Gasteiger partial charge in [0.25, 0.3) is 5.69 Å². The van der Waals surface area contributed by atoms with Crippen LogP contribution in [0.15, 0.2) is 18.2 Å². The van der Waals surface area contributed by atoms with Gasteiger partial charge in [-0.25, -0.2) is 0 Å². The minimum atomic E-state index is -0.492. The average Bonchev–Trinajstić information content (AvgIpc) is 3.03. The minimum absolute atomic E-state index is 0.110. The average molecular weight is 262 g/mol. The Morgan fingerprint density at radius 2 is 2.16 bits per heavy atom. The standard InChI is InChI=1S/C14H18N2O3/c1-9-6-11(9)8-15(3)12-4-5-13(10(2)17)14(7-12)16(18)19/h4-5,7,9,11H,6,8H2,1-3H3. The molecule has 0 heterocycles. The molecule has 0 bridgehead atoms. The van der Waals surface area contributed by atoms with Gasteiger partial charge in [-0.2, -0.15) is 0 Å². The van der Waals surface area contributed by atoms with E-state index in [9.17, 15) is 14.9 Å². The van der Waals surface area contributed by atoms with Crippen LogP contribution in [0.1, 0.15) is 30.6 Å². The molecule has 2 unspecified atom stereocenters. The van der Waals surface area contributed by atoms with Gasteiger partial charge in [0.15, 0.2) is 5.78 Å². The minimum Gasteiger partial charge on any atom is -0.374 e. The third kappa shape index (κ3) is 2.92. The van der Waals surface area contributed by atoms with Crippen LogP contribution in [0.3, 0.4) is 0 Å². The van der Waals surface area contributed by atoms with Gasteiger partial charge in [-0.05, 0) is 37.3 Å². The van der Waals surface area contributed by atoms with Gasteiger partial charge < -0.3 is 4.90 Å². The molecule has 0 saturated heterocycles. The lowest BCUT2D eigenvalue weighted by Crippen LogP contribution is -2.20. The van der Waals surface area contributed by atoms with Crippen LogP contribution in [-0.2, 0) is 0 Å². The zero-order valence-corrected chi connectivity index (χ0v) is 11.4. The third-order valence-electron chi connectivity index (χ3n) is 3.78. The Balaban J connectivity index is 2.24. The maximum absolute atomic E-state index is 11.4. The first-order chi connectivity index (χ1) is 8.90. The number of benzene rings is 1. The van der Waals surface area contributed by atoms with Crippen LogP contribution in [0, 0.1) is 22.0 Å². The van der Waals surface area contributed by atoms with Crippen LogP contribution < -0.4 is 4.90 Å². The molecular weight excluding hydrogens is 244 g/mol. The molecule has 2 atom stereocenters. The molecule has 19 heavy (non-hydrogen) atoms. The van der Waals surface area contributed by atoms with Crippen LogP contribution >= 0.6 is 0 Å². The molecule has 0 radical (unpaired) electrons. The summed E-state index contributed by atoms with van der Waals surface area (Å²) >= 11 is 0. The maximum atomic E-state index is 11.4. The third-order valence-corrected chi connectivity index (χ3v) is 3.78. The number of nitro benzene ring substituents is 1. The first-order valence-electron chi connectivity index (χ1n) is 6.40. The summed E-state index contributed by atoms with van der Waals surface area (Å²) in [6.07, 6.45) is 1.22.